The third-order valence-electron chi connectivity index (χ3n) is 3.77. The van der Waals surface area contributed by atoms with Gasteiger partial charge in [0.05, 0.1) is 28.7 Å². The molecule has 26 heavy (non-hydrogen) atoms. The second-order valence-electron chi connectivity index (χ2n) is 6.63. The van der Waals surface area contributed by atoms with Crippen LogP contribution in [0.5, 0.6) is 0 Å². The Morgan fingerprint density at radius 1 is 1.19 bits per heavy atom. The smallest absolute Gasteiger partial charge is 0.308 e. The van der Waals surface area contributed by atoms with Crippen molar-refractivity contribution < 1.29 is 14.3 Å². The largest absolute Gasteiger partial charge is 0.463 e. The Balaban J connectivity index is 2.21. The number of nitrogens with one attached hydrogen (secondary N) is 2. The van der Waals surface area contributed by atoms with Gasteiger partial charge in [0, 0.05) is 0 Å². The van der Waals surface area contributed by atoms with Gasteiger partial charge in [-0.3, -0.25) is 14.7 Å². The van der Waals surface area contributed by atoms with Crippen molar-refractivity contribution in [3.63, 3.8) is 0 Å². The molecule has 0 aliphatic rings. The molecule has 0 aliphatic carbocycles. The van der Waals surface area contributed by atoms with Crippen LogP contribution in [0.25, 0.3) is 0 Å². The van der Waals surface area contributed by atoms with E-state index < -0.39 is 6.04 Å². The Morgan fingerprint density at radius 2 is 1.85 bits per heavy atom. The van der Waals surface area contributed by atoms with Gasteiger partial charge in [-0.2, -0.15) is 5.10 Å². The summed E-state index contributed by atoms with van der Waals surface area (Å²) in [5, 5.41) is 9.89. The van der Waals surface area contributed by atoms with Crippen LogP contribution >= 0.6 is 15.9 Å². The molecule has 1 unspecified atom stereocenters. The maximum Gasteiger partial charge on any atom is 0.308 e. The van der Waals surface area contributed by atoms with Crippen LogP contribution in [-0.4, -0.2) is 28.2 Å². The van der Waals surface area contributed by atoms with Crippen LogP contribution in [0, 0.1) is 0 Å². The fourth-order valence-electron chi connectivity index (χ4n) is 2.52. The molecule has 1 amide bonds. The predicted molar refractivity (Wildman–Crippen MR) is 103 cm³/mol. The van der Waals surface area contributed by atoms with Crippen molar-refractivity contribution in [3.8, 4) is 0 Å². The number of carbonyl (C=O) groups is 2. The number of halogens is 1. The van der Waals surface area contributed by atoms with Crippen LogP contribution in [0.1, 0.15) is 67.8 Å². The lowest BCUT2D eigenvalue weighted by molar-refractivity contribution is -0.147. The first-order valence-corrected chi connectivity index (χ1v) is 9.38. The third kappa shape index (κ3) is 5.17. The fourth-order valence-corrected chi connectivity index (χ4v) is 3.33. The van der Waals surface area contributed by atoms with Crippen molar-refractivity contribution in [2.75, 3.05) is 0 Å². The van der Waals surface area contributed by atoms with E-state index in [2.05, 4.69) is 31.4 Å². The molecule has 0 bridgehead atoms. The number of rotatable bonds is 7. The van der Waals surface area contributed by atoms with Gasteiger partial charge in [-0.1, -0.05) is 44.2 Å². The highest BCUT2D eigenvalue weighted by molar-refractivity contribution is 9.10. The van der Waals surface area contributed by atoms with Crippen molar-refractivity contribution in [2.24, 2.45) is 0 Å². The van der Waals surface area contributed by atoms with E-state index in [4.69, 9.17) is 4.74 Å². The summed E-state index contributed by atoms with van der Waals surface area (Å²) in [7, 11) is 0. The van der Waals surface area contributed by atoms with Gasteiger partial charge in [-0.25, -0.2) is 0 Å². The molecule has 2 N–H and O–H groups in total. The summed E-state index contributed by atoms with van der Waals surface area (Å²) >= 11 is 3.44. The molecular weight excluding hydrogens is 398 g/mol. The summed E-state index contributed by atoms with van der Waals surface area (Å²) in [5.41, 5.74) is 1.95. The molecule has 6 nitrogen and oxygen atoms in total. The van der Waals surface area contributed by atoms with Crippen LogP contribution in [0.15, 0.2) is 34.8 Å². The quantitative estimate of drug-likeness (QED) is 0.658. The number of aromatic amines is 1. The number of amides is 1. The minimum absolute atomic E-state index is 0.0486. The van der Waals surface area contributed by atoms with Gasteiger partial charge in [0.1, 0.15) is 0 Å². The minimum atomic E-state index is -0.499. The summed E-state index contributed by atoms with van der Waals surface area (Å²) in [6, 6.07) is 8.85. The van der Waals surface area contributed by atoms with Crippen LogP contribution in [0.3, 0.4) is 0 Å². The number of benzene rings is 1. The van der Waals surface area contributed by atoms with Crippen LogP contribution in [-0.2, 0) is 9.53 Å². The Morgan fingerprint density at radius 3 is 2.38 bits per heavy atom. The minimum Gasteiger partial charge on any atom is -0.463 e. The number of H-pyrrole nitrogens is 1. The summed E-state index contributed by atoms with van der Waals surface area (Å²) in [5.74, 6) is -0.520. The van der Waals surface area contributed by atoms with Crippen molar-refractivity contribution >= 4 is 27.8 Å². The lowest BCUT2D eigenvalue weighted by Crippen LogP contribution is -2.31. The summed E-state index contributed by atoms with van der Waals surface area (Å²) in [6.07, 6.45) is -0.156. The van der Waals surface area contributed by atoms with E-state index in [1.807, 2.05) is 44.2 Å². The molecule has 140 valence electrons. The average molecular weight is 422 g/mol. The zero-order valence-electron chi connectivity index (χ0n) is 15.4. The van der Waals surface area contributed by atoms with Crippen molar-refractivity contribution in [3.05, 3.63) is 51.8 Å². The second-order valence-corrected chi connectivity index (χ2v) is 7.43. The van der Waals surface area contributed by atoms with Gasteiger partial charge in [0.15, 0.2) is 5.69 Å². The van der Waals surface area contributed by atoms with Gasteiger partial charge in [0.2, 0.25) is 0 Å². The van der Waals surface area contributed by atoms with Crippen molar-refractivity contribution in [1.29, 1.82) is 0 Å². The highest BCUT2D eigenvalue weighted by atomic mass is 79.9. The third-order valence-corrected chi connectivity index (χ3v) is 4.57. The number of esters is 1. The Hall–Kier alpha value is -2.15. The molecule has 0 spiro atoms. The zero-order chi connectivity index (χ0) is 19.3. The summed E-state index contributed by atoms with van der Waals surface area (Å²) in [6.45, 7) is 7.61. The first-order chi connectivity index (χ1) is 12.3. The Labute approximate surface area is 161 Å². The first kappa shape index (κ1) is 20.2. The molecule has 0 fully saturated rings. The fraction of sp³-hybridized carbons (Fsp3) is 0.421. The molecule has 0 aliphatic heterocycles. The lowest BCUT2D eigenvalue weighted by Gasteiger charge is -2.19. The molecule has 0 saturated carbocycles. The van der Waals surface area contributed by atoms with E-state index in [9.17, 15) is 9.59 Å². The summed E-state index contributed by atoms with van der Waals surface area (Å²) in [4.78, 5) is 24.8. The van der Waals surface area contributed by atoms with Crippen molar-refractivity contribution in [1.82, 2.24) is 15.5 Å². The standard InChI is InChI=1S/C19H24BrN3O3/c1-11(2)17-16(20)18(23-22-17)19(25)21-14(10-15(24)26-12(3)4)13-8-6-5-7-9-13/h5-9,11-12,14H,10H2,1-4H3,(H,21,25)(H,22,23). The number of hydrogen-bond donors (Lipinski definition) is 2. The Bertz CT molecular complexity index is 757. The second kappa shape index (κ2) is 8.98. The van der Waals surface area contributed by atoms with Crippen molar-refractivity contribution in [2.45, 2.75) is 52.2 Å². The van der Waals surface area contributed by atoms with E-state index >= 15 is 0 Å². The SMILES string of the molecule is CC(C)OC(=O)CC(NC(=O)c1n[nH]c(C(C)C)c1Br)c1ccccc1. The molecule has 0 saturated heterocycles. The van der Waals surface area contributed by atoms with Gasteiger partial charge >= 0.3 is 5.97 Å². The molecule has 1 aromatic carbocycles. The molecule has 1 atom stereocenters. The number of nitrogens with zero attached hydrogens (tertiary/aromatic N) is 1. The lowest BCUT2D eigenvalue weighted by atomic mass is 10.0. The maximum absolute atomic E-state index is 12.7. The summed E-state index contributed by atoms with van der Waals surface area (Å²) < 4.78 is 5.87. The van der Waals surface area contributed by atoms with Crippen LogP contribution in [0.4, 0.5) is 0 Å². The molecule has 2 aromatic rings. The van der Waals surface area contributed by atoms with E-state index in [-0.39, 0.29) is 36.0 Å². The molecule has 0 radical (unpaired) electrons. The molecular formula is C19H24BrN3O3. The van der Waals surface area contributed by atoms with E-state index in [0.717, 1.165) is 11.3 Å². The number of hydrogen-bond acceptors (Lipinski definition) is 4. The average Bonchev–Trinajstić information content (AvgIpc) is 2.96. The highest BCUT2D eigenvalue weighted by Gasteiger charge is 2.24. The van der Waals surface area contributed by atoms with Gasteiger partial charge < -0.3 is 10.1 Å². The van der Waals surface area contributed by atoms with Gasteiger partial charge in [-0.05, 0) is 41.3 Å². The zero-order valence-corrected chi connectivity index (χ0v) is 17.0. The normalized spacial score (nSPS) is 12.3. The Kier molecular flexibility index (Phi) is 6.97. The molecule has 1 heterocycles. The number of aromatic nitrogens is 2. The van der Waals surface area contributed by atoms with E-state index in [0.29, 0.717) is 4.47 Å². The maximum atomic E-state index is 12.7. The highest BCUT2D eigenvalue weighted by Crippen LogP contribution is 2.26. The molecule has 2 rings (SSSR count). The molecule has 7 heteroatoms. The monoisotopic (exact) mass is 421 g/mol. The van der Waals surface area contributed by atoms with Crippen LogP contribution < -0.4 is 5.32 Å². The van der Waals surface area contributed by atoms with Gasteiger partial charge in [-0.15, -0.1) is 0 Å². The number of carbonyl (C=O) groups excluding carboxylic acids is 2. The molecule has 1 aromatic heterocycles. The van der Waals surface area contributed by atoms with Gasteiger partial charge in [0.25, 0.3) is 5.91 Å². The van der Waals surface area contributed by atoms with Crippen LogP contribution in [0.2, 0.25) is 0 Å². The van der Waals surface area contributed by atoms with E-state index in [1.54, 1.807) is 13.8 Å². The first-order valence-electron chi connectivity index (χ1n) is 8.58. The van der Waals surface area contributed by atoms with E-state index in [1.165, 1.54) is 0 Å². The number of ether oxygens (including phenoxy) is 1. The predicted octanol–water partition coefficient (Wildman–Crippen LogP) is 4.11. The topological polar surface area (TPSA) is 84.1 Å².